The Hall–Kier alpha value is -4.87. The molecule has 0 saturated carbocycles. The highest BCUT2D eigenvalue weighted by Crippen LogP contribution is 2.54. The zero-order valence-electron chi connectivity index (χ0n) is 21.9. The van der Waals surface area contributed by atoms with Gasteiger partial charge in [-0.15, -0.1) is 0 Å². The molecule has 1 fully saturated rings. The lowest BCUT2D eigenvalue weighted by Gasteiger charge is -2.27. The van der Waals surface area contributed by atoms with Gasteiger partial charge in [-0.3, -0.25) is 9.59 Å². The summed E-state index contributed by atoms with van der Waals surface area (Å²) in [4.78, 5) is 32.5. The van der Waals surface area contributed by atoms with Gasteiger partial charge in [0.2, 0.25) is 18.3 Å². The van der Waals surface area contributed by atoms with Crippen LogP contribution in [0.2, 0.25) is 0 Å². The first kappa shape index (κ1) is 25.4. The van der Waals surface area contributed by atoms with Crippen molar-refractivity contribution in [3.05, 3.63) is 59.7 Å². The minimum atomic E-state index is -1.01. The van der Waals surface area contributed by atoms with E-state index in [2.05, 4.69) is 4.98 Å². The molecule has 1 atom stereocenters. The summed E-state index contributed by atoms with van der Waals surface area (Å²) in [7, 11) is 2.91. The smallest absolute Gasteiger partial charge is 0.295 e. The number of aromatic nitrogens is 2. The molecule has 1 amide bonds. The van der Waals surface area contributed by atoms with E-state index >= 15 is 0 Å². The predicted octanol–water partition coefficient (Wildman–Crippen LogP) is 2.91. The Morgan fingerprint density at radius 1 is 1.00 bits per heavy atom. The van der Waals surface area contributed by atoms with Crippen LogP contribution < -0.4 is 28.4 Å². The first-order chi connectivity index (χ1) is 19.5. The van der Waals surface area contributed by atoms with E-state index in [1.807, 2.05) is 10.8 Å². The van der Waals surface area contributed by atoms with Gasteiger partial charge in [-0.1, -0.05) is 0 Å². The van der Waals surface area contributed by atoms with E-state index in [-0.39, 0.29) is 36.2 Å². The number of nitrogens with zero attached hydrogens (tertiary/aromatic N) is 3. The van der Waals surface area contributed by atoms with Crippen molar-refractivity contribution in [2.24, 2.45) is 0 Å². The molecule has 3 aliphatic heterocycles. The number of imidazole rings is 1. The summed E-state index contributed by atoms with van der Waals surface area (Å²) in [5, 5.41) is 11.6. The van der Waals surface area contributed by atoms with Crippen LogP contribution in [0.1, 0.15) is 23.6 Å². The number of methoxy groups -OCH3 is 2. The Kier molecular flexibility index (Phi) is 6.58. The van der Waals surface area contributed by atoms with Crippen LogP contribution >= 0.6 is 0 Å². The van der Waals surface area contributed by atoms with Gasteiger partial charge in [0.15, 0.2) is 23.0 Å². The second-order valence-electron chi connectivity index (χ2n) is 9.27. The molecule has 1 aromatic heterocycles. The van der Waals surface area contributed by atoms with Crippen LogP contribution in [0.25, 0.3) is 5.76 Å². The number of amides is 1. The van der Waals surface area contributed by atoms with Crippen LogP contribution in [0, 0.1) is 0 Å². The zero-order valence-corrected chi connectivity index (χ0v) is 21.9. The first-order valence-electron chi connectivity index (χ1n) is 12.7. The van der Waals surface area contributed by atoms with Gasteiger partial charge in [0.25, 0.3) is 11.7 Å². The third-order valence-corrected chi connectivity index (χ3v) is 7.04. The molecule has 6 rings (SSSR count). The van der Waals surface area contributed by atoms with E-state index in [9.17, 15) is 14.7 Å². The predicted molar refractivity (Wildman–Crippen MR) is 139 cm³/mol. The maximum Gasteiger partial charge on any atom is 0.295 e. The lowest BCUT2D eigenvalue weighted by atomic mass is 9.93. The molecule has 208 valence electrons. The molecule has 2 aromatic carbocycles. The molecule has 4 heterocycles. The summed E-state index contributed by atoms with van der Waals surface area (Å²) in [6.07, 6.45) is 5.69. The summed E-state index contributed by atoms with van der Waals surface area (Å²) in [6.45, 7) is 1.52. The SMILES string of the molecule is COc1c(C2/C(=C(\O)c3ccc4c(c3)OCCO4)C(=O)C(=O)N2CCCn2ccnc2)cc2c(c1OC)OCO2. The summed E-state index contributed by atoms with van der Waals surface area (Å²) in [5.74, 6) is 0.290. The van der Waals surface area contributed by atoms with Crippen LogP contribution in [0.3, 0.4) is 0 Å². The molecule has 1 unspecified atom stereocenters. The summed E-state index contributed by atoms with van der Waals surface area (Å²) in [6, 6.07) is 5.51. The number of carbonyl (C=O) groups is 2. The van der Waals surface area contributed by atoms with Gasteiger partial charge in [-0.25, -0.2) is 4.98 Å². The number of likely N-dealkylation sites (tertiary alicyclic amines) is 1. The quantitative estimate of drug-likeness (QED) is 0.254. The second kappa shape index (κ2) is 10.4. The monoisotopic (exact) mass is 549 g/mol. The van der Waals surface area contributed by atoms with Crippen LogP contribution in [0.4, 0.5) is 0 Å². The Labute approximate surface area is 229 Å². The molecule has 0 radical (unpaired) electrons. The average molecular weight is 550 g/mol. The van der Waals surface area contributed by atoms with E-state index in [0.717, 1.165) is 0 Å². The Balaban J connectivity index is 1.48. The van der Waals surface area contributed by atoms with Crippen molar-refractivity contribution in [3.63, 3.8) is 0 Å². The largest absolute Gasteiger partial charge is 0.507 e. The molecule has 0 aliphatic carbocycles. The Morgan fingerprint density at radius 3 is 2.55 bits per heavy atom. The number of ether oxygens (including phenoxy) is 6. The fourth-order valence-corrected chi connectivity index (χ4v) is 5.24. The number of hydrogen-bond donors (Lipinski definition) is 1. The highest BCUT2D eigenvalue weighted by Gasteiger charge is 2.48. The van der Waals surface area contributed by atoms with Gasteiger partial charge in [0, 0.05) is 36.6 Å². The third kappa shape index (κ3) is 4.21. The number of fused-ring (bicyclic) bond motifs is 2. The highest BCUT2D eigenvalue weighted by molar-refractivity contribution is 6.46. The number of aryl methyl sites for hydroxylation is 1. The molecule has 12 heteroatoms. The zero-order chi connectivity index (χ0) is 27.8. The van der Waals surface area contributed by atoms with Crippen LogP contribution in [-0.2, 0) is 16.1 Å². The van der Waals surface area contributed by atoms with Crippen LogP contribution in [0.5, 0.6) is 34.5 Å². The summed E-state index contributed by atoms with van der Waals surface area (Å²) in [5.41, 5.74) is 0.616. The number of aliphatic hydroxyl groups excluding tert-OH is 1. The number of ketones is 1. The number of carbonyl (C=O) groups excluding carboxylic acids is 2. The normalized spacial score (nSPS) is 18.8. The van der Waals surface area contributed by atoms with Crippen molar-refractivity contribution in [3.8, 4) is 34.5 Å². The van der Waals surface area contributed by atoms with Gasteiger partial charge in [-0.2, -0.15) is 0 Å². The van der Waals surface area contributed by atoms with Gasteiger partial charge in [-0.05, 0) is 30.7 Å². The molecule has 1 saturated heterocycles. The van der Waals surface area contributed by atoms with E-state index in [1.165, 1.54) is 19.1 Å². The molecule has 0 spiro atoms. The summed E-state index contributed by atoms with van der Waals surface area (Å²) < 4.78 is 35.7. The van der Waals surface area contributed by atoms with E-state index in [0.29, 0.717) is 60.3 Å². The fourth-order valence-electron chi connectivity index (χ4n) is 5.24. The molecular formula is C28H27N3O9. The Bertz CT molecular complexity index is 1500. The summed E-state index contributed by atoms with van der Waals surface area (Å²) >= 11 is 0. The van der Waals surface area contributed by atoms with Crippen molar-refractivity contribution in [1.82, 2.24) is 14.5 Å². The van der Waals surface area contributed by atoms with Gasteiger partial charge in [0.05, 0.1) is 32.2 Å². The van der Waals surface area contributed by atoms with Gasteiger partial charge < -0.3 is 43.0 Å². The standard InChI is InChI=1S/C28H27N3O9/c1-35-25-17(13-20-26(27(25)36-2)40-15-39-20)22-21(23(32)16-4-5-18-19(12-16)38-11-10-37-18)24(33)28(34)31(22)8-3-7-30-9-6-29-14-30/h4-6,9,12-14,22,32H,3,7-8,10-11,15H2,1-2H3/b23-21+. The maximum atomic E-state index is 13.6. The first-order valence-corrected chi connectivity index (χ1v) is 12.7. The fraction of sp³-hybridized carbons (Fsp3) is 0.321. The van der Waals surface area contributed by atoms with Crippen molar-refractivity contribution < 1.29 is 43.1 Å². The van der Waals surface area contributed by atoms with Crippen molar-refractivity contribution in [1.29, 1.82) is 0 Å². The van der Waals surface area contributed by atoms with E-state index in [4.69, 9.17) is 28.4 Å². The lowest BCUT2D eigenvalue weighted by molar-refractivity contribution is -0.140. The highest BCUT2D eigenvalue weighted by atomic mass is 16.7. The number of aliphatic hydroxyl groups is 1. The van der Waals surface area contributed by atoms with Gasteiger partial charge >= 0.3 is 0 Å². The minimum absolute atomic E-state index is 0.0272. The van der Waals surface area contributed by atoms with Crippen molar-refractivity contribution in [2.75, 3.05) is 40.8 Å². The number of Topliss-reactive ketones (excluding diaryl/α,β-unsaturated/α-hetero) is 1. The van der Waals surface area contributed by atoms with Crippen molar-refractivity contribution in [2.45, 2.75) is 19.0 Å². The lowest BCUT2D eigenvalue weighted by Crippen LogP contribution is -2.31. The Morgan fingerprint density at radius 2 is 1.80 bits per heavy atom. The molecular weight excluding hydrogens is 522 g/mol. The third-order valence-electron chi connectivity index (χ3n) is 7.04. The average Bonchev–Trinajstić information content (AvgIpc) is 3.73. The van der Waals surface area contributed by atoms with Crippen LogP contribution in [0.15, 0.2) is 48.6 Å². The molecule has 3 aromatic rings. The van der Waals surface area contributed by atoms with Crippen LogP contribution in [-0.4, -0.2) is 72.0 Å². The number of hydrogen-bond acceptors (Lipinski definition) is 10. The molecule has 0 bridgehead atoms. The van der Waals surface area contributed by atoms with E-state index < -0.39 is 17.7 Å². The number of rotatable bonds is 8. The minimum Gasteiger partial charge on any atom is -0.507 e. The molecule has 40 heavy (non-hydrogen) atoms. The maximum absolute atomic E-state index is 13.6. The number of benzene rings is 2. The molecule has 12 nitrogen and oxygen atoms in total. The molecule has 1 N–H and O–H groups in total. The second-order valence-corrected chi connectivity index (χ2v) is 9.27. The van der Waals surface area contributed by atoms with Gasteiger partial charge in [0.1, 0.15) is 19.0 Å². The van der Waals surface area contributed by atoms with E-state index in [1.54, 1.807) is 36.8 Å². The molecule has 3 aliphatic rings. The topological polar surface area (TPSA) is 131 Å². The van der Waals surface area contributed by atoms with Crippen molar-refractivity contribution >= 4 is 17.4 Å².